The van der Waals surface area contributed by atoms with Gasteiger partial charge in [0.15, 0.2) is 5.54 Å². The van der Waals surface area contributed by atoms with Crippen LogP contribution in [0.4, 0.5) is 24.5 Å². The summed E-state index contributed by atoms with van der Waals surface area (Å²) in [6.07, 6.45) is -0.0221. The molecule has 0 radical (unpaired) electrons. The van der Waals surface area contributed by atoms with Gasteiger partial charge >= 0.3 is 6.18 Å². The van der Waals surface area contributed by atoms with Crippen LogP contribution in [0.2, 0.25) is 5.02 Å². The molecule has 1 atom stereocenters. The van der Waals surface area contributed by atoms with Crippen molar-refractivity contribution < 1.29 is 13.2 Å². The maximum Gasteiger partial charge on any atom is 0.413 e. The van der Waals surface area contributed by atoms with Gasteiger partial charge in [-0.3, -0.25) is 4.98 Å². The highest BCUT2D eigenvalue weighted by Gasteiger charge is 2.66. The van der Waals surface area contributed by atoms with Gasteiger partial charge in [-0.1, -0.05) is 49.7 Å². The number of benzene rings is 2. The summed E-state index contributed by atoms with van der Waals surface area (Å²) in [6.45, 7) is 6.83. The van der Waals surface area contributed by atoms with E-state index in [1.165, 1.54) is 12.4 Å². The first-order valence-electron chi connectivity index (χ1n) is 13.7. The van der Waals surface area contributed by atoms with Gasteiger partial charge in [-0.15, -0.1) is 5.10 Å². The van der Waals surface area contributed by atoms with Crippen molar-refractivity contribution in [2.75, 3.05) is 17.2 Å². The minimum absolute atomic E-state index is 0.0495. The Balaban J connectivity index is 1.48. The molecule has 3 heterocycles. The minimum atomic E-state index is -4.45. The molecular weight excluding hydrogens is 579 g/mol. The summed E-state index contributed by atoms with van der Waals surface area (Å²) >= 11 is 6.73. The number of para-hydroxylation sites is 1. The lowest BCUT2D eigenvalue weighted by atomic mass is 9.96. The van der Waals surface area contributed by atoms with Crippen LogP contribution in [0.5, 0.6) is 0 Å². The average molecular weight is 608 g/mol. The fraction of sp³-hybridized carbons (Fsp3) is 0.367. The number of aryl methyl sites for hydroxylation is 1. The van der Waals surface area contributed by atoms with E-state index in [9.17, 15) is 18.4 Å². The molecule has 2 aromatic carbocycles. The number of aromatic nitrogens is 6. The van der Waals surface area contributed by atoms with Gasteiger partial charge in [0.25, 0.3) is 0 Å². The molecule has 0 aliphatic heterocycles. The number of hydrogen-bond acceptors (Lipinski definition) is 7. The first kappa shape index (κ1) is 28.7. The predicted octanol–water partition coefficient (Wildman–Crippen LogP) is 6.95. The summed E-state index contributed by atoms with van der Waals surface area (Å²) in [5, 5.41) is 25.8. The Bertz CT molecular complexity index is 1890. The Hall–Kier alpha value is -4.37. The molecule has 1 unspecified atom stereocenters. The summed E-state index contributed by atoms with van der Waals surface area (Å²) in [4.78, 5) is 9.00. The van der Waals surface area contributed by atoms with E-state index in [-0.39, 0.29) is 18.3 Å². The second-order valence-electron chi connectivity index (χ2n) is 12.2. The van der Waals surface area contributed by atoms with E-state index in [2.05, 4.69) is 57.8 Å². The molecule has 222 valence electrons. The summed E-state index contributed by atoms with van der Waals surface area (Å²) in [6, 6.07) is 10.6. The highest BCUT2D eigenvalue weighted by atomic mass is 35.5. The third-order valence-electron chi connectivity index (χ3n) is 7.75. The van der Waals surface area contributed by atoms with Crippen LogP contribution in [0.25, 0.3) is 21.9 Å². The Morgan fingerprint density at radius 3 is 2.58 bits per heavy atom. The van der Waals surface area contributed by atoms with Crippen LogP contribution in [-0.2, 0) is 12.6 Å². The normalized spacial score (nSPS) is 15.4. The zero-order valence-corrected chi connectivity index (χ0v) is 24.7. The van der Waals surface area contributed by atoms with Crippen molar-refractivity contribution in [2.45, 2.75) is 51.4 Å². The average Bonchev–Trinajstić information content (AvgIpc) is 3.49. The van der Waals surface area contributed by atoms with E-state index in [4.69, 9.17) is 11.6 Å². The van der Waals surface area contributed by atoms with Crippen molar-refractivity contribution in [1.82, 2.24) is 29.5 Å². The first-order chi connectivity index (χ1) is 20.3. The maximum absolute atomic E-state index is 13.9. The number of imidazole rings is 1. The van der Waals surface area contributed by atoms with Gasteiger partial charge in [-0.25, -0.2) is 9.67 Å². The van der Waals surface area contributed by atoms with Crippen LogP contribution in [0.1, 0.15) is 56.5 Å². The zero-order chi connectivity index (χ0) is 30.7. The van der Waals surface area contributed by atoms with E-state index in [0.717, 1.165) is 10.2 Å². The van der Waals surface area contributed by atoms with E-state index in [1.807, 2.05) is 35.9 Å². The van der Waals surface area contributed by atoms with Crippen LogP contribution in [0.15, 0.2) is 49.1 Å². The lowest BCUT2D eigenvalue weighted by Gasteiger charge is -2.22. The summed E-state index contributed by atoms with van der Waals surface area (Å²) < 4.78 is 44.6. The van der Waals surface area contributed by atoms with E-state index in [1.54, 1.807) is 12.4 Å². The number of hydrogen-bond donors (Lipinski definition) is 2. The van der Waals surface area contributed by atoms with Crippen LogP contribution >= 0.6 is 11.6 Å². The summed E-state index contributed by atoms with van der Waals surface area (Å²) in [5.41, 5.74) is 2.42. The molecule has 0 bridgehead atoms. The number of nitriles is 1. The van der Waals surface area contributed by atoms with Crippen molar-refractivity contribution in [1.29, 1.82) is 5.26 Å². The van der Waals surface area contributed by atoms with Gasteiger partial charge in [-0.2, -0.15) is 18.4 Å². The van der Waals surface area contributed by atoms with Gasteiger partial charge < -0.3 is 15.2 Å². The van der Waals surface area contributed by atoms with Crippen LogP contribution in [0.3, 0.4) is 0 Å². The van der Waals surface area contributed by atoms with Gasteiger partial charge in [0.05, 0.1) is 51.4 Å². The standard InChI is InChI=1S/C30H29ClF3N9/c1-28(2,3)15-37-24-17(12-35)13-36-25-20(24)10-18(11-21(25)31)39-26(19-6-5-7-23-27(19)38-16-42(23)4)22-14-43(41-40-22)29(8-9-29)30(32,33)34/h5-7,10-11,13-14,16,26,39H,8-9,15H2,1-4H3,(H,36,37). The van der Waals surface area contributed by atoms with Crippen molar-refractivity contribution in [3.8, 4) is 6.07 Å². The van der Waals surface area contributed by atoms with Gasteiger partial charge in [0.1, 0.15) is 11.8 Å². The molecule has 0 spiro atoms. The number of nitrogens with one attached hydrogen (secondary N) is 2. The van der Waals surface area contributed by atoms with E-state index < -0.39 is 17.8 Å². The van der Waals surface area contributed by atoms with Crippen molar-refractivity contribution in [3.05, 3.63) is 70.9 Å². The highest BCUT2D eigenvalue weighted by Crippen LogP contribution is 2.55. The fourth-order valence-electron chi connectivity index (χ4n) is 5.24. The maximum atomic E-state index is 13.9. The fourth-order valence-corrected chi connectivity index (χ4v) is 5.51. The molecule has 6 rings (SSSR count). The molecule has 1 fully saturated rings. The third kappa shape index (κ3) is 5.12. The molecule has 1 saturated carbocycles. The Morgan fingerprint density at radius 2 is 1.91 bits per heavy atom. The molecule has 3 aromatic heterocycles. The molecule has 9 nitrogen and oxygen atoms in total. The van der Waals surface area contributed by atoms with Crippen molar-refractivity contribution in [2.24, 2.45) is 12.5 Å². The van der Waals surface area contributed by atoms with Gasteiger partial charge in [-0.05, 0) is 36.5 Å². The molecule has 1 aliphatic rings. The van der Waals surface area contributed by atoms with Crippen molar-refractivity contribution in [3.63, 3.8) is 0 Å². The Labute approximate surface area is 250 Å². The number of fused-ring (bicyclic) bond motifs is 2. The molecule has 0 saturated heterocycles. The van der Waals surface area contributed by atoms with Gasteiger partial charge in [0, 0.05) is 36.4 Å². The highest BCUT2D eigenvalue weighted by molar-refractivity contribution is 6.35. The molecule has 13 heteroatoms. The zero-order valence-electron chi connectivity index (χ0n) is 24.0. The largest absolute Gasteiger partial charge is 0.413 e. The summed E-state index contributed by atoms with van der Waals surface area (Å²) in [7, 11) is 1.87. The van der Waals surface area contributed by atoms with Gasteiger partial charge in [0.2, 0.25) is 0 Å². The second kappa shape index (κ2) is 10.1. The molecule has 2 N–H and O–H groups in total. The van der Waals surface area contributed by atoms with E-state index >= 15 is 0 Å². The Morgan fingerprint density at radius 1 is 1.14 bits per heavy atom. The first-order valence-corrected chi connectivity index (χ1v) is 14.1. The summed E-state index contributed by atoms with van der Waals surface area (Å²) in [5.74, 6) is 0. The number of halogens is 4. The number of rotatable bonds is 7. The quantitative estimate of drug-likeness (QED) is 0.206. The predicted molar refractivity (Wildman–Crippen MR) is 159 cm³/mol. The lowest BCUT2D eigenvalue weighted by molar-refractivity contribution is -0.182. The smallest absolute Gasteiger partial charge is 0.383 e. The lowest BCUT2D eigenvalue weighted by Crippen LogP contribution is -2.35. The molecule has 43 heavy (non-hydrogen) atoms. The number of alkyl halides is 3. The number of nitrogens with zero attached hydrogens (tertiary/aromatic N) is 7. The van der Waals surface area contributed by atoms with Crippen LogP contribution in [0, 0.1) is 16.7 Å². The van der Waals surface area contributed by atoms with Crippen LogP contribution in [-0.4, -0.2) is 42.2 Å². The number of pyridine rings is 1. The van der Waals surface area contributed by atoms with Crippen molar-refractivity contribution >= 4 is 44.9 Å². The minimum Gasteiger partial charge on any atom is -0.383 e. The van der Waals surface area contributed by atoms with Crippen LogP contribution < -0.4 is 10.6 Å². The molecular formula is C30H29ClF3N9. The Kier molecular flexibility index (Phi) is 6.76. The molecule has 1 aliphatic carbocycles. The third-order valence-corrected chi connectivity index (χ3v) is 8.03. The molecule has 0 amide bonds. The monoisotopic (exact) mass is 607 g/mol. The molecule has 5 aromatic rings. The number of anilines is 2. The van der Waals surface area contributed by atoms with E-state index in [0.29, 0.717) is 56.2 Å². The second-order valence-corrected chi connectivity index (χ2v) is 12.6. The SMILES string of the molecule is Cn1cnc2c(C(Nc3cc(Cl)c4ncc(C#N)c(NCC(C)(C)C)c4c3)c3cn(C4(C(F)(F)F)CC4)nn3)cccc21. The topological polar surface area (TPSA) is 109 Å².